The summed E-state index contributed by atoms with van der Waals surface area (Å²) < 4.78 is 5.31. The Bertz CT molecular complexity index is 118. The van der Waals surface area contributed by atoms with Gasteiger partial charge in [0.15, 0.2) is 0 Å². The van der Waals surface area contributed by atoms with E-state index in [1.165, 1.54) is 0 Å². The van der Waals surface area contributed by atoms with Crippen molar-refractivity contribution in [2.75, 3.05) is 34.3 Å². The molecule has 0 atom stereocenters. The van der Waals surface area contributed by atoms with Crippen molar-refractivity contribution in [2.24, 2.45) is 5.73 Å². The Morgan fingerprint density at radius 2 is 1.91 bits per heavy atom. The van der Waals surface area contributed by atoms with Gasteiger partial charge in [-0.05, 0) is 0 Å². The van der Waals surface area contributed by atoms with E-state index in [1.807, 2.05) is 21.1 Å². The third-order valence-electron chi connectivity index (χ3n) is 1.01. The van der Waals surface area contributed by atoms with E-state index in [-0.39, 0.29) is 7.43 Å². The Morgan fingerprint density at radius 3 is 2.18 bits per heavy atom. The molecule has 0 heterocycles. The van der Waals surface area contributed by atoms with Crippen LogP contribution in [-0.2, 0) is 4.74 Å². The number of ether oxygens (including phenoxy) is 1. The second-order valence-electron chi connectivity index (χ2n) is 3.18. The maximum atomic E-state index is 10.1. The molecule has 0 unspecified atom stereocenters. The lowest BCUT2D eigenvalue weighted by Gasteiger charge is -2.22. The van der Waals surface area contributed by atoms with Gasteiger partial charge in [-0.1, -0.05) is 0 Å². The average Bonchev–Trinajstić information content (AvgIpc) is 1.59. The number of quaternary nitrogens is 1. The predicted molar refractivity (Wildman–Crippen MR) is 44.8 cm³/mol. The third kappa shape index (κ3) is 12.4. The zero-order valence-corrected chi connectivity index (χ0v) is 7.76. The lowest BCUT2D eigenvalue weighted by molar-refractivity contribution is -0.870. The van der Waals surface area contributed by atoms with Crippen LogP contribution in [0.2, 0.25) is 0 Å². The molecule has 0 bridgehead atoms. The molecule has 0 aliphatic rings. The SMILES string of the molecule is C[N+](C)(C)CCOC(N)=O.[CH3-]. The first-order chi connectivity index (χ1) is 4.42. The van der Waals surface area contributed by atoms with Gasteiger partial charge < -0.3 is 22.4 Å². The van der Waals surface area contributed by atoms with Crippen molar-refractivity contribution < 1.29 is 14.0 Å². The van der Waals surface area contributed by atoms with Crippen LogP contribution in [0.4, 0.5) is 4.79 Å². The molecule has 0 saturated heterocycles. The fourth-order valence-corrected chi connectivity index (χ4v) is 0.420. The molecule has 0 radical (unpaired) electrons. The number of nitrogens with two attached hydrogens (primary N) is 1. The van der Waals surface area contributed by atoms with Crippen molar-refractivity contribution in [3.05, 3.63) is 7.43 Å². The molecule has 11 heavy (non-hydrogen) atoms. The van der Waals surface area contributed by atoms with Gasteiger partial charge in [0, 0.05) is 0 Å². The van der Waals surface area contributed by atoms with E-state index in [4.69, 9.17) is 5.73 Å². The summed E-state index contributed by atoms with van der Waals surface area (Å²) in [6.07, 6.45) is -0.701. The number of nitrogens with zero attached hydrogens (tertiary/aromatic N) is 1. The second kappa shape index (κ2) is 4.96. The summed E-state index contributed by atoms with van der Waals surface area (Å²) in [5, 5.41) is 0. The van der Waals surface area contributed by atoms with Crippen LogP contribution in [0.1, 0.15) is 0 Å². The Kier molecular flexibility index (Phi) is 5.80. The summed E-state index contributed by atoms with van der Waals surface area (Å²) >= 11 is 0. The first kappa shape index (κ1) is 12.9. The minimum absolute atomic E-state index is 0. The fourth-order valence-electron chi connectivity index (χ4n) is 0.420. The van der Waals surface area contributed by atoms with E-state index in [9.17, 15) is 4.79 Å². The normalized spacial score (nSPS) is 10.1. The molecule has 4 heteroatoms. The molecule has 0 spiro atoms. The van der Waals surface area contributed by atoms with E-state index in [2.05, 4.69) is 4.74 Å². The highest BCUT2D eigenvalue weighted by Gasteiger charge is 2.06. The van der Waals surface area contributed by atoms with Gasteiger partial charge >= 0.3 is 6.09 Å². The number of rotatable bonds is 3. The number of hydrogen-bond acceptors (Lipinski definition) is 2. The second-order valence-corrected chi connectivity index (χ2v) is 3.18. The molecule has 4 nitrogen and oxygen atoms in total. The zero-order chi connectivity index (χ0) is 8.20. The monoisotopic (exact) mass is 162 g/mol. The third-order valence-corrected chi connectivity index (χ3v) is 1.01. The number of carbonyl (C=O) groups is 1. The Labute approximate surface area is 68.5 Å². The maximum Gasteiger partial charge on any atom is 0.404 e. The van der Waals surface area contributed by atoms with Crippen molar-refractivity contribution in [3.63, 3.8) is 0 Å². The summed E-state index contributed by atoms with van der Waals surface area (Å²) in [5.41, 5.74) is 4.75. The molecule has 2 N–H and O–H groups in total. The molecule has 1 amide bonds. The van der Waals surface area contributed by atoms with Gasteiger partial charge in [0.1, 0.15) is 13.2 Å². The molecule has 0 aromatic rings. The highest BCUT2D eigenvalue weighted by molar-refractivity contribution is 5.64. The van der Waals surface area contributed by atoms with Gasteiger partial charge in [0.2, 0.25) is 0 Å². The summed E-state index contributed by atoms with van der Waals surface area (Å²) in [6.45, 7) is 1.17. The maximum absolute atomic E-state index is 10.1. The van der Waals surface area contributed by atoms with Crippen LogP contribution in [0.15, 0.2) is 0 Å². The lowest BCUT2D eigenvalue weighted by atomic mass is 10.5. The van der Waals surface area contributed by atoms with Crippen molar-refractivity contribution in [1.29, 1.82) is 0 Å². The Balaban J connectivity index is 0. The molecular weight excluding hydrogens is 144 g/mol. The van der Waals surface area contributed by atoms with Crippen LogP contribution >= 0.6 is 0 Å². The lowest BCUT2D eigenvalue weighted by Crippen LogP contribution is -2.38. The van der Waals surface area contributed by atoms with Gasteiger partial charge in [0.05, 0.1) is 21.1 Å². The van der Waals surface area contributed by atoms with E-state index < -0.39 is 6.09 Å². The van der Waals surface area contributed by atoms with Crippen LogP contribution in [0.3, 0.4) is 0 Å². The summed E-state index contributed by atoms with van der Waals surface area (Å²) in [4.78, 5) is 10.1. The minimum atomic E-state index is -0.701. The number of likely N-dealkylation sites (N-methyl/N-ethyl adjacent to an activating group) is 1. The van der Waals surface area contributed by atoms with Crippen molar-refractivity contribution >= 4 is 6.09 Å². The molecule has 0 fully saturated rings. The molecule has 0 aliphatic heterocycles. The van der Waals surface area contributed by atoms with E-state index in [0.717, 1.165) is 11.0 Å². The number of primary amides is 1. The van der Waals surface area contributed by atoms with E-state index in [0.29, 0.717) is 6.61 Å². The van der Waals surface area contributed by atoms with Gasteiger partial charge in [0.25, 0.3) is 0 Å². The van der Waals surface area contributed by atoms with Crippen LogP contribution in [0.25, 0.3) is 0 Å². The average molecular weight is 162 g/mol. The molecular formula is C7H18N2O2. The summed E-state index contributed by atoms with van der Waals surface area (Å²) in [6, 6.07) is 0. The van der Waals surface area contributed by atoms with Crippen LogP contribution in [0, 0.1) is 7.43 Å². The molecule has 0 aromatic heterocycles. The van der Waals surface area contributed by atoms with Crippen LogP contribution in [-0.4, -0.2) is 44.9 Å². The highest BCUT2D eigenvalue weighted by atomic mass is 16.5. The molecule has 0 aromatic carbocycles. The van der Waals surface area contributed by atoms with Gasteiger partial charge in [-0.15, -0.1) is 0 Å². The first-order valence-electron chi connectivity index (χ1n) is 3.14. The largest absolute Gasteiger partial charge is 0.444 e. The van der Waals surface area contributed by atoms with Crippen molar-refractivity contribution in [2.45, 2.75) is 0 Å². The number of amides is 1. The molecule has 0 rings (SSSR count). The van der Waals surface area contributed by atoms with Crippen molar-refractivity contribution in [1.82, 2.24) is 0 Å². The van der Waals surface area contributed by atoms with Crippen LogP contribution in [0.5, 0.6) is 0 Å². The Hall–Kier alpha value is -0.770. The van der Waals surface area contributed by atoms with E-state index >= 15 is 0 Å². The van der Waals surface area contributed by atoms with Crippen molar-refractivity contribution in [3.8, 4) is 0 Å². The quantitative estimate of drug-likeness (QED) is 0.477. The number of carbonyl (C=O) groups excluding carboxylic acids is 1. The van der Waals surface area contributed by atoms with Crippen LogP contribution < -0.4 is 5.73 Å². The van der Waals surface area contributed by atoms with Gasteiger partial charge in [-0.2, -0.15) is 0 Å². The molecule has 0 saturated carbocycles. The highest BCUT2D eigenvalue weighted by Crippen LogP contribution is 1.88. The van der Waals surface area contributed by atoms with Gasteiger partial charge in [-0.3, -0.25) is 0 Å². The molecule has 68 valence electrons. The molecule has 0 aliphatic carbocycles. The summed E-state index contributed by atoms with van der Waals surface area (Å²) in [5.74, 6) is 0. The smallest absolute Gasteiger partial charge is 0.404 e. The number of hydrogen-bond donors (Lipinski definition) is 1. The summed E-state index contributed by atoms with van der Waals surface area (Å²) in [7, 11) is 6.05. The zero-order valence-electron chi connectivity index (χ0n) is 7.76. The van der Waals surface area contributed by atoms with E-state index in [1.54, 1.807) is 0 Å². The fraction of sp³-hybridized carbons (Fsp3) is 0.714. The first-order valence-corrected chi connectivity index (χ1v) is 3.14. The predicted octanol–water partition coefficient (Wildman–Crippen LogP) is 0.238. The van der Waals surface area contributed by atoms with Gasteiger partial charge in [-0.25, -0.2) is 4.79 Å². The standard InChI is InChI=1S/C6H14N2O2.CH3/c1-8(2,3)4-5-10-6(7)9;/h4-5H2,1-3H3,(H-,7,9);1H3/q;-1/p+1. The Morgan fingerprint density at radius 1 is 1.45 bits per heavy atom. The minimum Gasteiger partial charge on any atom is -0.444 e. The topological polar surface area (TPSA) is 52.3 Å².